The molecule has 0 aliphatic carbocycles. The number of aromatic carboxylic acids is 1. The summed E-state index contributed by atoms with van der Waals surface area (Å²) >= 11 is 0. The molecule has 2 aliphatic rings. The van der Waals surface area contributed by atoms with Crippen molar-refractivity contribution in [3.05, 3.63) is 143 Å². The smallest absolute Gasteiger partial charge is 0.335 e. The van der Waals surface area contributed by atoms with E-state index in [1.54, 1.807) is 62.6 Å². The molecule has 0 fully saturated rings. The predicted molar refractivity (Wildman–Crippen MR) is 216 cm³/mol. The van der Waals surface area contributed by atoms with Gasteiger partial charge in [0.25, 0.3) is 0 Å². The number of rotatable bonds is 8. The van der Waals surface area contributed by atoms with Crippen molar-refractivity contribution in [3.63, 3.8) is 0 Å². The summed E-state index contributed by atoms with van der Waals surface area (Å²) < 4.78 is 17.0. The van der Waals surface area contributed by atoms with Gasteiger partial charge in [-0.2, -0.15) is 0 Å². The van der Waals surface area contributed by atoms with Crippen LogP contribution in [0.4, 0.5) is 0 Å². The van der Waals surface area contributed by atoms with Crippen LogP contribution in [0.2, 0.25) is 0 Å². The van der Waals surface area contributed by atoms with Crippen LogP contribution in [0.1, 0.15) is 89.4 Å². The third-order valence-electron chi connectivity index (χ3n) is 10.7. The fourth-order valence-electron chi connectivity index (χ4n) is 7.48. The van der Waals surface area contributed by atoms with Gasteiger partial charge in [-0.1, -0.05) is 60.7 Å². The van der Waals surface area contributed by atoms with Crippen molar-refractivity contribution >= 4 is 23.7 Å². The number of esters is 1. The number of ether oxygens (including phenoxy) is 3. The van der Waals surface area contributed by atoms with Crippen molar-refractivity contribution in [2.24, 2.45) is 10.8 Å². The Bertz CT molecular complexity index is 2620. The van der Waals surface area contributed by atoms with E-state index in [2.05, 4.69) is 15.0 Å². The lowest BCUT2D eigenvalue weighted by Crippen LogP contribution is -2.35. The maximum atomic E-state index is 12.6. The number of aliphatic carboxylic acids is 1. The van der Waals surface area contributed by atoms with E-state index < -0.39 is 28.7 Å². The highest BCUT2D eigenvalue weighted by Gasteiger charge is 2.46. The minimum atomic E-state index is -1.11. The van der Waals surface area contributed by atoms with Crippen LogP contribution in [-0.2, 0) is 14.3 Å². The standard InChI is InChI=1S/C24H22N2O4.C22H18N2O5/c1-14(27)15-7-9-16(10-8-15)19-12-11-18-20(24(2,3)23(28)29-4)17-6-5-13-25-21(17)30-22(18)26-19;1-22(2,21(27)28)17-14-4-3-11-23-18(14)29-19-15(17)9-10-16(24-19)12-5-7-13(8-6-12)20(25)26/h5-13,20H,1-4H3;3-11,17H,1-2H3,(H,25,26)(H,27,28). The lowest BCUT2D eigenvalue weighted by molar-refractivity contribution is -0.151. The fraction of sp³-hybridized carbons (Fsp3) is 0.217. The molecule has 0 saturated carbocycles. The molecule has 8 rings (SSSR count). The Morgan fingerprint density at radius 2 is 1.00 bits per heavy atom. The molecule has 2 aromatic carbocycles. The van der Waals surface area contributed by atoms with Crippen molar-refractivity contribution in [1.29, 1.82) is 0 Å². The first kappa shape index (κ1) is 39.9. The van der Waals surface area contributed by atoms with E-state index in [4.69, 9.17) is 24.3 Å². The van der Waals surface area contributed by atoms with Gasteiger partial charge < -0.3 is 24.4 Å². The van der Waals surface area contributed by atoms with E-state index in [9.17, 15) is 24.3 Å². The molecule has 0 spiro atoms. The summed E-state index contributed by atoms with van der Waals surface area (Å²) in [5.41, 5.74) is 4.75. The van der Waals surface area contributed by atoms with Crippen LogP contribution in [0.3, 0.4) is 0 Å². The molecule has 0 amide bonds. The zero-order valence-electron chi connectivity index (χ0n) is 33.1. The minimum Gasteiger partial charge on any atom is -0.481 e. The second-order valence-electron chi connectivity index (χ2n) is 15.3. The Balaban J connectivity index is 0.000000179. The van der Waals surface area contributed by atoms with Crippen molar-refractivity contribution < 1.29 is 43.6 Å². The highest BCUT2D eigenvalue weighted by atomic mass is 16.5. The minimum absolute atomic E-state index is 0.0128. The third kappa shape index (κ3) is 7.50. The van der Waals surface area contributed by atoms with Gasteiger partial charge in [0.1, 0.15) is 0 Å². The molecule has 59 heavy (non-hydrogen) atoms. The summed E-state index contributed by atoms with van der Waals surface area (Å²) in [5.74, 6) is -1.56. The Labute approximate surface area is 339 Å². The van der Waals surface area contributed by atoms with E-state index in [0.29, 0.717) is 51.6 Å². The van der Waals surface area contributed by atoms with Crippen LogP contribution >= 0.6 is 0 Å². The van der Waals surface area contributed by atoms with Crippen molar-refractivity contribution in [2.75, 3.05) is 7.11 Å². The molecule has 6 heterocycles. The lowest BCUT2D eigenvalue weighted by atomic mass is 9.71. The topological polar surface area (TPSA) is 188 Å². The number of carbonyl (C=O) groups excluding carboxylic acids is 2. The van der Waals surface area contributed by atoms with Gasteiger partial charge in [0, 0.05) is 63.2 Å². The molecule has 2 atom stereocenters. The van der Waals surface area contributed by atoms with E-state index >= 15 is 0 Å². The largest absolute Gasteiger partial charge is 0.481 e. The van der Waals surface area contributed by atoms with Crippen LogP contribution in [0.25, 0.3) is 22.5 Å². The number of fused-ring (bicyclic) bond motifs is 4. The predicted octanol–water partition coefficient (Wildman–Crippen LogP) is 8.97. The second kappa shape index (κ2) is 15.6. The van der Waals surface area contributed by atoms with Crippen LogP contribution in [0.5, 0.6) is 23.5 Å². The Morgan fingerprint density at radius 3 is 1.41 bits per heavy atom. The van der Waals surface area contributed by atoms with Crippen LogP contribution in [0.15, 0.2) is 109 Å². The molecule has 0 radical (unpaired) electrons. The maximum absolute atomic E-state index is 12.6. The Morgan fingerprint density at radius 1 is 0.576 bits per heavy atom. The monoisotopic (exact) mass is 792 g/mol. The van der Waals surface area contributed by atoms with Gasteiger partial charge in [0.15, 0.2) is 5.78 Å². The average molecular weight is 793 g/mol. The third-order valence-corrected chi connectivity index (χ3v) is 10.7. The average Bonchev–Trinajstić information content (AvgIpc) is 3.23. The normalized spacial score (nSPS) is 14.9. The summed E-state index contributed by atoms with van der Waals surface area (Å²) in [6, 6.07) is 28.4. The van der Waals surface area contributed by atoms with Gasteiger partial charge in [-0.05, 0) is 71.0 Å². The van der Waals surface area contributed by atoms with Crippen LogP contribution < -0.4 is 9.47 Å². The summed E-state index contributed by atoms with van der Waals surface area (Å²) in [6.45, 7) is 8.58. The first-order valence-electron chi connectivity index (χ1n) is 18.7. The maximum Gasteiger partial charge on any atom is 0.335 e. The summed E-state index contributed by atoms with van der Waals surface area (Å²) in [4.78, 5) is 65.1. The molecule has 2 unspecified atom stereocenters. The number of pyridine rings is 4. The molecule has 4 aromatic heterocycles. The van der Waals surface area contributed by atoms with Gasteiger partial charge >= 0.3 is 17.9 Å². The number of hydrogen-bond acceptors (Lipinski definition) is 11. The zero-order valence-corrected chi connectivity index (χ0v) is 33.1. The zero-order chi connectivity index (χ0) is 42.2. The molecule has 0 saturated heterocycles. The summed E-state index contributed by atoms with van der Waals surface area (Å²) in [6.07, 6.45) is 3.24. The van der Waals surface area contributed by atoms with Crippen LogP contribution in [0, 0.1) is 10.8 Å². The number of Topliss-reactive ketones (excluding diaryl/α,β-unsaturated/α-hetero) is 1. The molecule has 2 aliphatic heterocycles. The number of ketones is 1. The molecular weight excluding hydrogens is 753 g/mol. The van der Waals surface area contributed by atoms with Crippen molar-refractivity contribution in [3.8, 4) is 46.0 Å². The molecule has 13 heteroatoms. The number of aromatic nitrogens is 4. The fourth-order valence-corrected chi connectivity index (χ4v) is 7.48. The van der Waals surface area contributed by atoms with E-state index in [1.807, 2.05) is 62.4 Å². The number of carboxylic acids is 2. The van der Waals surface area contributed by atoms with Crippen molar-refractivity contribution in [2.45, 2.75) is 46.5 Å². The number of methoxy groups -OCH3 is 1. The Kier molecular flexibility index (Phi) is 10.5. The van der Waals surface area contributed by atoms with Gasteiger partial charge in [0.05, 0.1) is 34.9 Å². The van der Waals surface area contributed by atoms with Crippen molar-refractivity contribution in [1.82, 2.24) is 19.9 Å². The van der Waals surface area contributed by atoms with E-state index in [-0.39, 0.29) is 23.2 Å². The lowest BCUT2D eigenvalue weighted by Gasteiger charge is -2.36. The molecule has 0 bridgehead atoms. The highest BCUT2D eigenvalue weighted by Crippen LogP contribution is 2.52. The van der Waals surface area contributed by atoms with Gasteiger partial charge in [-0.25, -0.2) is 24.7 Å². The highest BCUT2D eigenvalue weighted by molar-refractivity contribution is 5.94. The number of nitrogens with zero attached hydrogens (tertiary/aromatic N) is 4. The molecule has 13 nitrogen and oxygen atoms in total. The number of benzene rings is 2. The first-order valence-corrected chi connectivity index (χ1v) is 18.7. The molecule has 6 aromatic rings. The number of carboxylic acid groups (broad SMARTS) is 2. The van der Waals surface area contributed by atoms with E-state index in [1.165, 1.54) is 26.2 Å². The molecule has 2 N–H and O–H groups in total. The first-order chi connectivity index (χ1) is 28.1. The second-order valence-corrected chi connectivity index (χ2v) is 15.3. The van der Waals surface area contributed by atoms with Crippen LogP contribution in [-0.4, -0.2) is 60.9 Å². The SMILES string of the molecule is CC(C)(C(=O)O)C1c2cccnc2Oc2nc(-c3ccc(C(=O)O)cc3)ccc21.COC(=O)C(C)(C)C1c2cccnc2Oc2nc(-c3ccc(C(C)=O)cc3)ccc21. The van der Waals surface area contributed by atoms with Gasteiger partial charge in [-0.3, -0.25) is 14.4 Å². The van der Waals surface area contributed by atoms with E-state index in [0.717, 1.165) is 22.3 Å². The summed E-state index contributed by atoms with van der Waals surface area (Å²) in [7, 11) is 1.39. The molecular formula is C46H40N4O9. The number of carbonyl (C=O) groups is 4. The van der Waals surface area contributed by atoms with Gasteiger partial charge in [-0.15, -0.1) is 0 Å². The number of hydrogen-bond donors (Lipinski definition) is 2. The molecule has 298 valence electrons. The van der Waals surface area contributed by atoms with Gasteiger partial charge in [0.2, 0.25) is 23.5 Å². The quantitative estimate of drug-likeness (QED) is 0.110. The summed E-state index contributed by atoms with van der Waals surface area (Å²) in [5, 5.41) is 18.9. The Hall–Kier alpha value is -7.28.